The zero-order valence-corrected chi connectivity index (χ0v) is 11.0. The van der Waals surface area contributed by atoms with E-state index in [9.17, 15) is 4.79 Å². The Bertz CT molecular complexity index is 585. The number of carbonyl (C=O) groups is 1. The molecule has 0 fully saturated rings. The number of carbonyl (C=O) groups excluding carboxylic acids is 1. The Morgan fingerprint density at radius 2 is 1.75 bits per heavy atom. The van der Waals surface area contributed by atoms with E-state index in [0.717, 1.165) is 16.9 Å². The van der Waals surface area contributed by atoms with Gasteiger partial charge in [0.05, 0.1) is 6.07 Å². The monoisotopic (exact) mass is 265 g/mol. The predicted molar refractivity (Wildman–Crippen MR) is 76.1 cm³/mol. The van der Waals surface area contributed by atoms with Gasteiger partial charge in [-0.2, -0.15) is 5.26 Å². The van der Waals surface area contributed by atoms with Crippen LogP contribution in [0.4, 0.5) is 0 Å². The number of nitrogens with zero attached hydrogens (tertiary/aromatic N) is 1. The molecule has 0 heterocycles. The van der Waals surface area contributed by atoms with Crippen LogP contribution in [0.3, 0.4) is 0 Å². The third-order valence-electron chi connectivity index (χ3n) is 2.96. The van der Waals surface area contributed by atoms with Gasteiger partial charge in [0.25, 0.3) is 0 Å². The lowest BCUT2D eigenvalue weighted by Crippen LogP contribution is -2.02. The van der Waals surface area contributed by atoms with Gasteiger partial charge in [-0.05, 0) is 29.7 Å². The summed E-state index contributed by atoms with van der Waals surface area (Å²) in [6.07, 6.45) is 1.12. The zero-order valence-electron chi connectivity index (χ0n) is 11.0. The minimum atomic E-state index is -0.578. The highest BCUT2D eigenvalue weighted by Crippen LogP contribution is 2.16. The van der Waals surface area contributed by atoms with Crippen molar-refractivity contribution in [2.24, 2.45) is 5.92 Å². The number of hydrogen-bond donors (Lipinski definition) is 0. The molecule has 2 rings (SSSR count). The van der Waals surface area contributed by atoms with Crippen LogP contribution >= 0.6 is 0 Å². The Morgan fingerprint density at radius 3 is 2.35 bits per heavy atom. The van der Waals surface area contributed by atoms with Gasteiger partial charge in [0, 0.05) is 0 Å². The third-order valence-corrected chi connectivity index (χ3v) is 2.96. The van der Waals surface area contributed by atoms with Crippen molar-refractivity contribution in [3.8, 4) is 11.8 Å². The molecule has 0 radical (unpaired) electrons. The van der Waals surface area contributed by atoms with Crippen molar-refractivity contribution in [1.29, 1.82) is 5.26 Å². The molecule has 20 heavy (non-hydrogen) atoms. The molecule has 3 heteroatoms. The Morgan fingerprint density at radius 1 is 1.05 bits per heavy atom. The lowest BCUT2D eigenvalue weighted by molar-refractivity contribution is -0.109. The maximum Gasteiger partial charge on any atom is 0.137 e. The van der Waals surface area contributed by atoms with Crippen LogP contribution < -0.4 is 4.74 Å². The number of ether oxygens (including phenoxy) is 1. The van der Waals surface area contributed by atoms with E-state index in [1.807, 2.05) is 60.7 Å². The van der Waals surface area contributed by atoms with E-state index in [1.165, 1.54) is 0 Å². The van der Waals surface area contributed by atoms with Crippen molar-refractivity contribution < 1.29 is 9.53 Å². The topological polar surface area (TPSA) is 50.1 Å². The number of nitriles is 1. The van der Waals surface area contributed by atoms with Crippen LogP contribution in [0.25, 0.3) is 0 Å². The van der Waals surface area contributed by atoms with E-state index in [0.29, 0.717) is 19.3 Å². The molecule has 0 saturated heterocycles. The Hall–Kier alpha value is -2.60. The van der Waals surface area contributed by atoms with Crippen LogP contribution in [-0.2, 0) is 17.8 Å². The summed E-state index contributed by atoms with van der Waals surface area (Å²) in [5.41, 5.74) is 2.07. The maximum atomic E-state index is 10.6. The summed E-state index contributed by atoms with van der Waals surface area (Å²) in [7, 11) is 0. The van der Waals surface area contributed by atoms with E-state index in [1.54, 1.807) is 0 Å². The molecule has 0 aliphatic heterocycles. The average molecular weight is 265 g/mol. The lowest BCUT2D eigenvalue weighted by Gasteiger charge is -2.07. The number of hydrogen-bond acceptors (Lipinski definition) is 3. The van der Waals surface area contributed by atoms with Gasteiger partial charge in [-0.3, -0.25) is 0 Å². The molecule has 0 saturated carbocycles. The first-order valence-corrected chi connectivity index (χ1v) is 6.42. The number of rotatable bonds is 6. The summed E-state index contributed by atoms with van der Waals surface area (Å²) in [5, 5.41) is 8.75. The standard InChI is InChI=1S/C17H15NO2/c18-11-16(12-19)10-14-6-8-17(9-7-14)20-13-15-4-2-1-3-5-15/h1-9,12,16H,10,13H2/t16-/m1/s1. The van der Waals surface area contributed by atoms with Crippen molar-refractivity contribution >= 4 is 6.29 Å². The summed E-state index contributed by atoms with van der Waals surface area (Å²) in [6, 6.07) is 19.4. The molecule has 2 aromatic rings. The molecule has 0 aromatic heterocycles. The highest BCUT2D eigenvalue weighted by Gasteiger charge is 2.06. The largest absolute Gasteiger partial charge is 0.489 e. The quantitative estimate of drug-likeness (QED) is 0.754. The summed E-state index contributed by atoms with van der Waals surface area (Å²) in [4.78, 5) is 10.6. The molecule has 0 aliphatic carbocycles. The molecule has 0 amide bonds. The molecule has 3 nitrogen and oxygen atoms in total. The molecule has 2 aromatic carbocycles. The maximum absolute atomic E-state index is 10.6. The van der Waals surface area contributed by atoms with Gasteiger partial charge < -0.3 is 9.53 Å². The first-order valence-electron chi connectivity index (χ1n) is 6.42. The van der Waals surface area contributed by atoms with Crippen molar-refractivity contribution in [3.63, 3.8) is 0 Å². The minimum Gasteiger partial charge on any atom is -0.489 e. The first kappa shape index (κ1) is 13.8. The van der Waals surface area contributed by atoms with E-state index in [2.05, 4.69) is 0 Å². The lowest BCUT2D eigenvalue weighted by atomic mass is 10.0. The molecule has 0 aliphatic rings. The fraction of sp³-hybridized carbons (Fsp3) is 0.176. The molecule has 0 spiro atoms. The van der Waals surface area contributed by atoms with Crippen LogP contribution in [-0.4, -0.2) is 6.29 Å². The van der Waals surface area contributed by atoms with E-state index in [-0.39, 0.29) is 0 Å². The molecule has 1 atom stereocenters. The summed E-state index contributed by atoms with van der Waals surface area (Å²) in [6.45, 7) is 0.523. The SMILES string of the molecule is N#C[C@H](C=O)Cc1ccc(OCc2ccccc2)cc1. The van der Waals surface area contributed by atoms with Gasteiger partial charge in [0.1, 0.15) is 24.6 Å². The van der Waals surface area contributed by atoms with Crippen LogP contribution in [0.15, 0.2) is 54.6 Å². The zero-order chi connectivity index (χ0) is 14.2. The molecule has 0 unspecified atom stereocenters. The first-order chi connectivity index (χ1) is 9.81. The van der Waals surface area contributed by atoms with E-state index < -0.39 is 5.92 Å². The second-order valence-electron chi connectivity index (χ2n) is 4.49. The second-order valence-corrected chi connectivity index (χ2v) is 4.49. The highest BCUT2D eigenvalue weighted by atomic mass is 16.5. The van der Waals surface area contributed by atoms with Gasteiger partial charge >= 0.3 is 0 Å². The van der Waals surface area contributed by atoms with Crippen molar-refractivity contribution in [2.75, 3.05) is 0 Å². The fourth-order valence-corrected chi connectivity index (χ4v) is 1.84. The summed E-state index contributed by atoms with van der Waals surface area (Å²) < 4.78 is 5.67. The van der Waals surface area contributed by atoms with Gasteiger partial charge in [0.2, 0.25) is 0 Å². The van der Waals surface area contributed by atoms with Crippen LogP contribution in [0, 0.1) is 17.2 Å². The Kier molecular flexibility index (Phi) is 4.91. The highest BCUT2D eigenvalue weighted by molar-refractivity contribution is 5.58. The molecular weight excluding hydrogens is 250 g/mol. The van der Waals surface area contributed by atoms with Crippen molar-refractivity contribution in [2.45, 2.75) is 13.0 Å². The van der Waals surface area contributed by atoms with Gasteiger partial charge in [-0.25, -0.2) is 0 Å². The molecule has 0 N–H and O–H groups in total. The Balaban J connectivity index is 1.92. The van der Waals surface area contributed by atoms with E-state index in [4.69, 9.17) is 10.00 Å². The molecule has 0 bridgehead atoms. The fourth-order valence-electron chi connectivity index (χ4n) is 1.84. The summed E-state index contributed by atoms with van der Waals surface area (Å²) >= 11 is 0. The van der Waals surface area contributed by atoms with Crippen LogP contribution in [0.5, 0.6) is 5.75 Å². The molecular formula is C17H15NO2. The van der Waals surface area contributed by atoms with Crippen molar-refractivity contribution in [3.05, 3.63) is 65.7 Å². The Labute approximate surface area is 118 Å². The molecule has 100 valence electrons. The van der Waals surface area contributed by atoms with Gasteiger partial charge in [0.15, 0.2) is 0 Å². The second kappa shape index (κ2) is 7.10. The predicted octanol–water partition coefficient (Wildman–Crippen LogP) is 3.15. The van der Waals surface area contributed by atoms with E-state index >= 15 is 0 Å². The minimum absolute atomic E-state index is 0.443. The summed E-state index contributed by atoms with van der Waals surface area (Å²) in [5.74, 6) is 0.198. The number of aldehydes is 1. The van der Waals surface area contributed by atoms with Crippen LogP contribution in [0.1, 0.15) is 11.1 Å². The average Bonchev–Trinajstić information content (AvgIpc) is 2.53. The number of benzene rings is 2. The van der Waals surface area contributed by atoms with Gasteiger partial charge in [-0.15, -0.1) is 0 Å². The third kappa shape index (κ3) is 3.96. The normalized spacial score (nSPS) is 11.3. The smallest absolute Gasteiger partial charge is 0.137 e. The van der Waals surface area contributed by atoms with Crippen LogP contribution in [0.2, 0.25) is 0 Å². The van der Waals surface area contributed by atoms with Gasteiger partial charge in [-0.1, -0.05) is 42.5 Å². The van der Waals surface area contributed by atoms with Crippen molar-refractivity contribution in [1.82, 2.24) is 0 Å².